The summed E-state index contributed by atoms with van der Waals surface area (Å²) in [4.78, 5) is 6.72. The molecule has 0 aliphatic heterocycles. The van der Waals surface area contributed by atoms with Crippen LogP contribution in [0, 0.1) is 6.92 Å². The summed E-state index contributed by atoms with van der Waals surface area (Å²) < 4.78 is 0. The number of nitrogens with one attached hydrogen (secondary N) is 1. The number of rotatable bonds is 7. The van der Waals surface area contributed by atoms with E-state index in [2.05, 4.69) is 58.0 Å². The number of aryl methyl sites for hydroxylation is 1. The van der Waals surface area contributed by atoms with Crippen LogP contribution in [-0.4, -0.2) is 25.1 Å². The van der Waals surface area contributed by atoms with Gasteiger partial charge in [0.1, 0.15) is 0 Å². The van der Waals surface area contributed by atoms with E-state index in [1.54, 1.807) is 11.3 Å². The fourth-order valence-corrected chi connectivity index (χ4v) is 2.57. The molecule has 102 valence electrons. The van der Waals surface area contributed by atoms with E-state index in [9.17, 15) is 0 Å². The molecule has 0 aliphatic carbocycles. The minimum Gasteiger partial charge on any atom is -0.375 e. The van der Waals surface area contributed by atoms with Gasteiger partial charge in [-0.25, -0.2) is 4.98 Å². The van der Waals surface area contributed by atoms with Crippen molar-refractivity contribution in [3.63, 3.8) is 0 Å². The van der Waals surface area contributed by atoms with Crippen LogP contribution in [0.4, 0.5) is 5.69 Å². The highest BCUT2D eigenvalue weighted by molar-refractivity contribution is 7.09. The van der Waals surface area contributed by atoms with E-state index < -0.39 is 0 Å². The van der Waals surface area contributed by atoms with Crippen LogP contribution in [0.25, 0.3) is 0 Å². The standard InChI is InChI=1S/C15H21N3S/c1-13-17-14(12-19-13)11-16-9-6-10-18(2)15-7-4-3-5-8-15/h3-5,7-8,12,16H,6,9-11H2,1-2H3. The van der Waals surface area contributed by atoms with E-state index in [4.69, 9.17) is 0 Å². The highest BCUT2D eigenvalue weighted by atomic mass is 32.1. The number of hydrogen-bond acceptors (Lipinski definition) is 4. The Hall–Kier alpha value is -1.39. The maximum absolute atomic E-state index is 4.44. The molecule has 0 radical (unpaired) electrons. The molecule has 1 N–H and O–H groups in total. The molecule has 0 amide bonds. The molecule has 1 aromatic carbocycles. The van der Waals surface area contributed by atoms with Gasteiger partial charge in [-0.15, -0.1) is 11.3 Å². The Kier molecular flexibility index (Phi) is 5.36. The molecule has 0 saturated heterocycles. The average Bonchev–Trinajstić information content (AvgIpc) is 2.85. The molecule has 0 bridgehead atoms. The average molecular weight is 275 g/mol. The third-order valence-corrected chi connectivity index (χ3v) is 3.84. The van der Waals surface area contributed by atoms with Crippen molar-refractivity contribution in [3.8, 4) is 0 Å². The second-order valence-electron chi connectivity index (χ2n) is 4.65. The smallest absolute Gasteiger partial charge is 0.0897 e. The molecule has 2 aromatic rings. The van der Waals surface area contributed by atoms with E-state index in [1.165, 1.54) is 5.69 Å². The lowest BCUT2D eigenvalue weighted by atomic mass is 10.3. The summed E-state index contributed by atoms with van der Waals surface area (Å²) >= 11 is 1.71. The van der Waals surface area contributed by atoms with Crippen molar-refractivity contribution in [1.82, 2.24) is 10.3 Å². The van der Waals surface area contributed by atoms with Gasteiger partial charge >= 0.3 is 0 Å². The fourth-order valence-electron chi connectivity index (χ4n) is 1.96. The Balaban J connectivity index is 1.62. The van der Waals surface area contributed by atoms with Crippen molar-refractivity contribution in [2.45, 2.75) is 19.9 Å². The molecule has 19 heavy (non-hydrogen) atoms. The lowest BCUT2D eigenvalue weighted by Gasteiger charge is -2.19. The third kappa shape index (κ3) is 4.65. The first-order valence-electron chi connectivity index (χ1n) is 6.63. The normalized spacial score (nSPS) is 10.6. The van der Waals surface area contributed by atoms with E-state index in [0.29, 0.717) is 0 Å². The van der Waals surface area contributed by atoms with Crippen LogP contribution in [-0.2, 0) is 6.54 Å². The van der Waals surface area contributed by atoms with E-state index in [-0.39, 0.29) is 0 Å². The SMILES string of the molecule is Cc1nc(CNCCCN(C)c2ccccc2)cs1. The topological polar surface area (TPSA) is 28.2 Å². The van der Waals surface area contributed by atoms with Gasteiger partial charge in [0.15, 0.2) is 0 Å². The van der Waals surface area contributed by atoms with Gasteiger partial charge in [-0.2, -0.15) is 0 Å². The second kappa shape index (κ2) is 7.26. The summed E-state index contributed by atoms with van der Waals surface area (Å²) in [5.74, 6) is 0. The molecular formula is C15H21N3S. The van der Waals surface area contributed by atoms with Gasteiger partial charge < -0.3 is 10.2 Å². The zero-order valence-electron chi connectivity index (χ0n) is 11.6. The molecule has 1 heterocycles. The number of para-hydroxylation sites is 1. The van der Waals surface area contributed by atoms with Gasteiger partial charge in [-0.05, 0) is 32.0 Å². The molecule has 1 aromatic heterocycles. The van der Waals surface area contributed by atoms with E-state index >= 15 is 0 Å². The predicted octanol–water partition coefficient (Wildman–Crippen LogP) is 3.07. The lowest BCUT2D eigenvalue weighted by Crippen LogP contribution is -2.23. The van der Waals surface area contributed by atoms with Gasteiger partial charge in [0.2, 0.25) is 0 Å². The molecule has 0 aliphatic rings. The maximum Gasteiger partial charge on any atom is 0.0897 e. The number of nitrogens with zero attached hydrogens (tertiary/aromatic N) is 2. The molecular weight excluding hydrogens is 254 g/mol. The van der Waals surface area contributed by atoms with Crippen molar-refractivity contribution in [2.75, 3.05) is 25.0 Å². The number of aromatic nitrogens is 1. The van der Waals surface area contributed by atoms with E-state index in [1.807, 2.05) is 6.92 Å². The van der Waals surface area contributed by atoms with Crippen molar-refractivity contribution >= 4 is 17.0 Å². The quantitative estimate of drug-likeness (QED) is 0.787. The summed E-state index contributed by atoms with van der Waals surface area (Å²) in [7, 11) is 2.14. The molecule has 2 rings (SSSR count). The number of benzene rings is 1. The zero-order valence-corrected chi connectivity index (χ0v) is 12.4. The monoisotopic (exact) mass is 275 g/mol. The first kappa shape index (κ1) is 14.0. The molecule has 0 fully saturated rings. The van der Waals surface area contributed by atoms with Crippen LogP contribution in [0.5, 0.6) is 0 Å². The van der Waals surface area contributed by atoms with Gasteiger partial charge in [-0.3, -0.25) is 0 Å². The van der Waals surface area contributed by atoms with Crippen LogP contribution in [0.3, 0.4) is 0 Å². The fraction of sp³-hybridized carbons (Fsp3) is 0.400. The molecule has 4 heteroatoms. The highest BCUT2D eigenvalue weighted by Gasteiger charge is 2.00. The molecule has 0 unspecified atom stereocenters. The number of hydrogen-bond donors (Lipinski definition) is 1. The lowest BCUT2D eigenvalue weighted by molar-refractivity contribution is 0.639. The highest BCUT2D eigenvalue weighted by Crippen LogP contribution is 2.11. The van der Waals surface area contributed by atoms with Crippen LogP contribution < -0.4 is 10.2 Å². The van der Waals surface area contributed by atoms with Crippen molar-refractivity contribution < 1.29 is 0 Å². The molecule has 3 nitrogen and oxygen atoms in total. The summed E-state index contributed by atoms with van der Waals surface area (Å²) in [5.41, 5.74) is 2.43. The first-order chi connectivity index (χ1) is 9.25. The summed E-state index contributed by atoms with van der Waals surface area (Å²) in [6.07, 6.45) is 1.13. The van der Waals surface area contributed by atoms with Gasteiger partial charge in [-0.1, -0.05) is 18.2 Å². The van der Waals surface area contributed by atoms with Crippen molar-refractivity contribution in [1.29, 1.82) is 0 Å². The molecule has 0 atom stereocenters. The molecule has 0 spiro atoms. The van der Waals surface area contributed by atoms with E-state index in [0.717, 1.165) is 36.8 Å². The predicted molar refractivity (Wildman–Crippen MR) is 82.9 cm³/mol. The van der Waals surface area contributed by atoms with Gasteiger partial charge in [0.05, 0.1) is 10.7 Å². The summed E-state index contributed by atoms with van der Waals surface area (Å²) in [5, 5.41) is 6.70. The van der Waals surface area contributed by atoms with Gasteiger partial charge in [0, 0.05) is 31.2 Å². The number of thiazole rings is 1. The van der Waals surface area contributed by atoms with Crippen molar-refractivity contribution in [2.24, 2.45) is 0 Å². The summed E-state index contributed by atoms with van der Waals surface area (Å²) in [6, 6.07) is 10.5. The summed E-state index contributed by atoms with van der Waals surface area (Å²) in [6.45, 7) is 5.00. The minimum atomic E-state index is 0.874. The third-order valence-electron chi connectivity index (χ3n) is 3.02. The van der Waals surface area contributed by atoms with Crippen LogP contribution >= 0.6 is 11.3 Å². The Labute approximate surface area is 119 Å². The largest absolute Gasteiger partial charge is 0.375 e. The van der Waals surface area contributed by atoms with Crippen LogP contribution in [0.1, 0.15) is 17.1 Å². The Morgan fingerprint density at radius 1 is 1.26 bits per heavy atom. The Morgan fingerprint density at radius 2 is 2.05 bits per heavy atom. The minimum absolute atomic E-state index is 0.874. The van der Waals surface area contributed by atoms with Crippen LogP contribution in [0.15, 0.2) is 35.7 Å². The maximum atomic E-state index is 4.44. The van der Waals surface area contributed by atoms with Crippen LogP contribution in [0.2, 0.25) is 0 Å². The number of anilines is 1. The Bertz CT molecular complexity index is 481. The Morgan fingerprint density at radius 3 is 2.74 bits per heavy atom. The first-order valence-corrected chi connectivity index (χ1v) is 7.51. The zero-order chi connectivity index (χ0) is 13.5. The van der Waals surface area contributed by atoms with Gasteiger partial charge in [0.25, 0.3) is 0 Å². The van der Waals surface area contributed by atoms with Crippen molar-refractivity contribution in [3.05, 3.63) is 46.4 Å². The molecule has 0 saturated carbocycles. The second-order valence-corrected chi connectivity index (χ2v) is 5.71.